The number of aromatic nitrogens is 3. The van der Waals surface area contributed by atoms with Gasteiger partial charge in [-0.05, 0) is 36.8 Å². The predicted molar refractivity (Wildman–Crippen MR) is 105 cm³/mol. The number of aromatic amines is 1. The molecule has 0 saturated carbocycles. The van der Waals surface area contributed by atoms with Crippen LogP contribution in [0.3, 0.4) is 0 Å². The van der Waals surface area contributed by atoms with Crippen molar-refractivity contribution in [3.8, 4) is 17.1 Å². The lowest BCUT2D eigenvalue weighted by molar-refractivity contribution is -0.122. The van der Waals surface area contributed by atoms with Gasteiger partial charge in [0.1, 0.15) is 18.4 Å². The molecule has 6 nitrogen and oxygen atoms in total. The zero-order valence-electron chi connectivity index (χ0n) is 14.9. The zero-order valence-corrected chi connectivity index (χ0v) is 15.8. The van der Waals surface area contributed by atoms with Crippen LogP contribution < -0.4 is 10.1 Å². The topological polar surface area (TPSA) is 71.9 Å². The van der Waals surface area contributed by atoms with E-state index >= 15 is 0 Å². The normalized spacial score (nSPS) is 15.2. The summed E-state index contributed by atoms with van der Waals surface area (Å²) in [6, 6.07) is 15.9. The van der Waals surface area contributed by atoms with Crippen LogP contribution in [0.1, 0.15) is 11.1 Å². The van der Waals surface area contributed by atoms with E-state index in [0.717, 1.165) is 23.3 Å². The average molecular weight is 380 g/mol. The van der Waals surface area contributed by atoms with Gasteiger partial charge in [0.2, 0.25) is 5.91 Å². The number of nitrogens with zero attached hydrogens (tertiary/aromatic N) is 2. The summed E-state index contributed by atoms with van der Waals surface area (Å²) in [5, 5.41) is 10.0. The average Bonchev–Trinajstić information content (AvgIpc) is 3.23. The van der Waals surface area contributed by atoms with E-state index in [9.17, 15) is 4.79 Å². The number of benzene rings is 2. The molecule has 2 N–H and O–H groups in total. The van der Waals surface area contributed by atoms with Gasteiger partial charge in [0, 0.05) is 12.0 Å². The van der Waals surface area contributed by atoms with E-state index in [0.29, 0.717) is 17.1 Å². The summed E-state index contributed by atoms with van der Waals surface area (Å²) < 4.78 is 8.00. The first kappa shape index (κ1) is 17.5. The molecule has 0 spiro atoms. The number of amides is 1. The predicted octanol–water partition coefficient (Wildman–Crippen LogP) is 3.04. The molecule has 7 heteroatoms. The van der Waals surface area contributed by atoms with E-state index < -0.39 is 0 Å². The first-order chi connectivity index (χ1) is 13.1. The quantitative estimate of drug-likeness (QED) is 0.668. The summed E-state index contributed by atoms with van der Waals surface area (Å²) in [5.41, 5.74) is 3.22. The summed E-state index contributed by atoms with van der Waals surface area (Å²) in [5.74, 6) is 1.43. The van der Waals surface area contributed by atoms with Gasteiger partial charge in [-0.25, -0.2) is 0 Å². The Hall–Kier alpha value is -2.93. The van der Waals surface area contributed by atoms with Crippen molar-refractivity contribution in [2.75, 3.05) is 6.54 Å². The van der Waals surface area contributed by atoms with Gasteiger partial charge in [-0.1, -0.05) is 42.0 Å². The maximum atomic E-state index is 12.5. The third-order valence-electron chi connectivity index (χ3n) is 4.58. The maximum absolute atomic E-state index is 12.5. The molecule has 2 heterocycles. The van der Waals surface area contributed by atoms with E-state index in [-0.39, 0.29) is 18.6 Å². The molecule has 1 aliphatic rings. The molecule has 0 fully saturated rings. The van der Waals surface area contributed by atoms with E-state index in [1.165, 1.54) is 5.56 Å². The third-order valence-corrected chi connectivity index (χ3v) is 4.89. The van der Waals surface area contributed by atoms with Gasteiger partial charge in [0.05, 0.1) is 6.54 Å². The van der Waals surface area contributed by atoms with Gasteiger partial charge in [-0.3, -0.25) is 14.5 Å². The third kappa shape index (κ3) is 3.78. The Morgan fingerprint density at radius 1 is 1.33 bits per heavy atom. The van der Waals surface area contributed by atoms with Gasteiger partial charge < -0.3 is 10.1 Å². The number of carbonyl (C=O) groups is 1. The molecule has 27 heavy (non-hydrogen) atoms. The highest BCUT2D eigenvalue weighted by Crippen LogP contribution is 2.27. The Morgan fingerprint density at radius 3 is 3.00 bits per heavy atom. The summed E-state index contributed by atoms with van der Waals surface area (Å²) in [7, 11) is 0. The summed E-state index contributed by atoms with van der Waals surface area (Å²) in [6.07, 6.45) is 0.760. The number of nitrogens with one attached hydrogen (secondary N) is 2. The molecule has 0 bridgehead atoms. The van der Waals surface area contributed by atoms with Crippen LogP contribution in [0, 0.1) is 11.7 Å². The molecule has 0 radical (unpaired) electrons. The molecule has 1 amide bonds. The molecule has 0 saturated heterocycles. The summed E-state index contributed by atoms with van der Waals surface area (Å²) in [4.78, 5) is 12.5. The van der Waals surface area contributed by atoms with Crippen molar-refractivity contribution in [3.63, 3.8) is 0 Å². The van der Waals surface area contributed by atoms with E-state index in [1.54, 1.807) is 4.57 Å². The lowest BCUT2D eigenvalue weighted by Crippen LogP contribution is -2.36. The summed E-state index contributed by atoms with van der Waals surface area (Å²) in [6.45, 7) is 2.58. The van der Waals surface area contributed by atoms with Crippen molar-refractivity contribution in [1.29, 1.82) is 0 Å². The first-order valence-electron chi connectivity index (χ1n) is 8.83. The zero-order chi connectivity index (χ0) is 18.8. The number of carbonyl (C=O) groups excluding carboxylic acids is 1. The number of fused-ring (bicyclic) bond motifs is 1. The Labute approximate surface area is 162 Å². The van der Waals surface area contributed by atoms with Crippen molar-refractivity contribution in [2.45, 2.75) is 26.0 Å². The molecule has 1 atom stereocenters. The highest BCUT2D eigenvalue weighted by atomic mass is 32.1. The SMILES string of the molecule is Cc1cccc(-c2n[nH]c(=S)n2CC(=O)NC[C@@H]2Cc3ccccc3O2)c1. The van der Waals surface area contributed by atoms with Crippen LogP contribution in [0.2, 0.25) is 0 Å². The van der Waals surface area contributed by atoms with Crippen LogP contribution >= 0.6 is 12.2 Å². The largest absolute Gasteiger partial charge is 0.488 e. The van der Waals surface area contributed by atoms with Crippen molar-refractivity contribution in [3.05, 3.63) is 64.4 Å². The Bertz CT molecular complexity index is 1020. The molecule has 4 rings (SSSR count). The molecular weight excluding hydrogens is 360 g/mol. The second kappa shape index (κ2) is 7.36. The number of rotatable bonds is 5. The van der Waals surface area contributed by atoms with Gasteiger partial charge in [0.15, 0.2) is 10.6 Å². The van der Waals surface area contributed by atoms with Gasteiger partial charge >= 0.3 is 0 Å². The minimum atomic E-state index is -0.124. The van der Waals surface area contributed by atoms with Crippen LogP contribution in [0.25, 0.3) is 11.4 Å². The fraction of sp³-hybridized carbons (Fsp3) is 0.250. The van der Waals surface area contributed by atoms with Crippen molar-refractivity contribution in [1.82, 2.24) is 20.1 Å². The highest BCUT2D eigenvalue weighted by molar-refractivity contribution is 7.71. The molecule has 1 aromatic heterocycles. The van der Waals surface area contributed by atoms with Gasteiger partial charge in [0.25, 0.3) is 0 Å². The van der Waals surface area contributed by atoms with Crippen molar-refractivity contribution < 1.29 is 9.53 Å². The first-order valence-corrected chi connectivity index (χ1v) is 9.24. The second-order valence-corrected chi connectivity index (χ2v) is 7.05. The second-order valence-electron chi connectivity index (χ2n) is 6.66. The van der Waals surface area contributed by atoms with Crippen LogP contribution in [0.4, 0.5) is 0 Å². The standard InChI is InChI=1S/C20H20N4O2S/c1-13-5-4-7-15(9-13)19-22-23-20(27)24(19)12-18(25)21-11-16-10-14-6-2-3-8-17(14)26-16/h2-9,16H,10-12H2,1H3,(H,21,25)(H,23,27)/t16-/m0/s1. The number of aryl methyl sites for hydroxylation is 1. The van der Waals surface area contributed by atoms with Crippen molar-refractivity contribution >= 4 is 18.1 Å². The minimum Gasteiger partial charge on any atom is -0.488 e. The molecule has 0 aliphatic carbocycles. The minimum absolute atomic E-state index is 0.0417. The van der Waals surface area contributed by atoms with Gasteiger partial charge in [-0.2, -0.15) is 5.10 Å². The fourth-order valence-corrected chi connectivity index (χ4v) is 3.46. The van der Waals surface area contributed by atoms with Crippen LogP contribution in [0.5, 0.6) is 5.75 Å². The highest BCUT2D eigenvalue weighted by Gasteiger charge is 2.23. The molecule has 1 aliphatic heterocycles. The van der Waals surface area contributed by atoms with Crippen LogP contribution in [-0.4, -0.2) is 33.3 Å². The number of para-hydroxylation sites is 1. The maximum Gasteiger partial charge on any atom is 0.240 e. The number of ether oxygens (including phenoxy) is 1. The monoisotopic (exact) mass is 380 g/mol. The molecule has 2 aromatic carbocycles. The van der Waals surface area contributed by atoms with E-state index in [1.807, 2.05) is 49.4 Å². The fourth-order valence-electron chi connectivity index (χ4n) is 3.26. The Kier molecular flexibility index (Phi) is 4.77. The van der Waals surface area contributed by atoms with Crippen molar-refractivity contribution in [2.24, 2.45) is 0 Å². The Balaban J connectivity index is 1.41. The molecular formula is C20H20N4O2S. The number of hydrogen-bond acceptors (Lipinski definition) is 4. The molecule has 138 valence electrons. The lowest BCUT2D eigenvalue weighted by Gasteiger charge is -2.13. The number of H-pyrrole nitrogens is 1. The summed E-state index contributed by atoms with van der Waals surface area (Å²) >= 11 is 5.30. The van der Waals surface area contributed by atoms with Crippen LogP contribution in [-0.2, 0) is 17.8 Å². The van der Waals surface area contributed by atoms with E-state index in [2.05, 4.69) is 21.6 Å². The smallest absolute Gasteiger partial charge is 0.240 e. The molecule has 3 aromatic rings. The number of hydrogen-bond donors (Lipinski definition) is 2. The molecule has 0 unspecified atom stereocenters. The van der Waals surface area contributed by atoms with Crippen LogP contribution in [0.15, 0.2) is 48.5 Å². The lowest BCUT2D eigenvalue weighted by atomic mass is 10.1. The Morgan fingerprint density at radius 2 is 2.19 bits per heavy atom. The van der Waals surface area contributed by atoms with E-state index in [4.69, 9.17) is 17.0 Å². The van der Waals surface area contributed by atoms with Gasteiger partial charge in [-0.15, -0.1) is 0 Å².